The number of pyridine rings is 1. The molecule has 0 bridgehead atoms. The van der Waals surface area contributed by atoms with Crippen LogP contribution in [0.15, 0.2) is 36.4 Å². The fraction of sp³-hybridized carbons (Fsp3) is 0.435. The number of unbranched alkanes of at least 4 members (excludes halogenated alkanes) is 1. The predicted octanol–water partition coefficient (Wildman–Crippen LogP) is 3.43. The van der Waals surface area contributed by atoms with E-state index in [2.05, 4.69) is 10.6 Å². The first-order valence-electron chi connectivity index (χ1n) is 10.7. The molecule has 0 spiro atoms. The van der Waals surface area contributed by atoms with E-state index >= 15 is 0 Å². The third-order valence-electron chi connectivity index (χ3n) is 5.17. The molecule has 2 heterocycles. The lowest BCUT2D eigenvalue weighted by molar-refractivity contribution is -0.145. The Morgan fingerprint density at radius 2 is 2.03 bits per heavy atom. The van der Waals surface area contributed by atoms with Gasteiger partial charge in [-0.05, 0) is 44.0 Å². The van der Waals surface area contributed by atoms with E-state index < -0.39 is 12.1 Å². The highest BCUT2D eigenvalue weighted by molar-refractivity contribution is 5.91. The monoisotopic (exact) mass is 426 g/mol. The molecule has 0 saturated carbocycles. The average molecular weight is 427 g/mol. The molecule has 1 aliphatic rings. The lowest BCUT2D eigenvalue weighted by atomic mass is 10.1. The number of aryl methyl sites for hydroxylation is 2. The number of hydrogen-bond donors (Lipinski definition) is 2. The second-order valence-electron chi connectivity index (χ2n) is 7.52. The summed E-state index contributed by atoms with van der Waals surface area (Å²) < 4.78 is 10.8. The Labute approximate surface area is 182 Å². The van der Waals surface area contributed by atoms with Crippen LogP contribution < -0.4 is 20.3 Å². The molecule has 1 aromatic carbocycles. The maximum atomic E-state index is 12.7. The van der Waals surface area contributed by atoms with Crippen LogP contribution in [0, 0.1) is 13.8 Å². The number of benzene rings is 1. The molecule has 1 aliphatic heterocycles. The lowest BCUT2D eigenvalue weighted by Crippen LogP contribution is -2.56. The molecule has 1 fully saturated rings. The summed E-state index contributed by atoms with van der Waals surface area (Å²) in [6, 6.07) is 10.2. The second-order valence-corrected chi connectivity index (χ2v) is 7.52. The van der Waals surface area contributed by atoms with Crippen molar-refractivity contribution in [2.75, 3.05) is 36.5 Å². The normalized spacial score (nSPS) is 16.0. The number of carbonyl (C=O) groups excluding carboxylic acids is 2. The van der Waals surface area contributed by atoms with Crippen molar-refractivity contribution >= 4 is 23.6 Å². The quantitative estimate of drug-likeness (QED) is 0.518. The van der Waals surface area contributed by atoms with Crippen LogP contribution in [0.3, 0.4) is 0 Å². The van der Waals surface area contributed by atoms with E-state index in [1.54, 1.807) is 24.3 Å². The Hall–Kier alpha value is -3.13. The highest BCUT2D eigenvalue weighted by Crippen LogP contribution is 2.29. The van der Waals surface area contributed by atoms with Crippen molar-refractivity contribution < 1.29 is 19.1 Å². The average Bonchev–Trinajstić information content (AvgIpc) is 2.77. The van der Waals surface area contributed by atoms with Gasteiger partial charge < -0.3 is 19.7 Å². The molecule has 0 aliphatic carbocycles. The molecule has 1 aromatic heterocycles. The van der Waals surface area contributed by atoms with Gasteiger partial charge in [-0.25, -0.2) is 14.6 Å². The van der Waals surface area contributed by atoms with E-state index in [0.29, 0.717) is 43.5 Å². The Balaban J connectivity index is 1.83. The van der Waals surface area contributed by atoms with Gasteiger partial charge in [-0.2, -0.15) is 0 Å². The van der Waals surface area contributed by atoms with E-state index in [-0.39, 0.29) is 5.97 Å². The van der Waals surface area contributed by atoms with Crippen molar-refractivity contribution in [3.63, 3.8) is 0 Å². The summed E-state index contributed by atoms with van der Waals surface area (Å²) in [5.74, 6) is 0.684. The minimum absolute atomic E-state index is 0.293. The maximum absolute atomic E-state index is 12.7. The first-order chi connectivity index (χ1) is 15.0. The number of nitrogens with one attached hydrogen (secondary N) is 2. The van der Waals surface area contributed by atoms with Gasteiger partial charge in [0.15, 0.2) is 5.82 Å². The smallest absolute Gasteiger partial charge is 0.417 e. The Kier molecular flexibility index (Phi) is 7.83. The molecule has 31 heavy (non-hydrogen) atoms. The van der Waals surface area contributed by atoms with E-state index in [9.17, 15) is 9.59 Å². The minimum atomic E-state index is -0.616. The summed E-state index contributed by atoms with van der Waals surface area (Å²) >= 11 is 0. The molecule has 166 valence electrons. The zero-order valence-corrected chi connectivity index (χ0v) is 18.3. The summed E-state index contributed by atoms with van der Waals surface area (Å²) in [6.45, 7) is 7.98. The van der Waals surface area contributed by atoms with Crippen molar-refractivity contribution in [3.8, 4) is 5.75 Å². The molecule has 2 N–H and O–H groups in total. The molecular weight excluding hydrogens is 396 g/mol. The number of piperazine rings is 1. The molecule has 8 nitrogen and oxygen atoms in total. The molecule has 1 atom stereocenters. The SMILES string of the molecule is CCCCOC(=O)C1CNCCN1c1nc(C)c(C)cc1NC(=O)Oc1ccccc1. The van der Waals surface area contributed by atoms with Gasteiger partial charge in [-0.15, -0.1) is 0 Å². The molecule has 0 radical (unpaired) electrons. The lowest BCUT2D eigenvalue weighted by Gasteiger charge is -2.36. The van der Waals surface area contributed by atoms with Crippen LogP contribution in [-0.4, -0.2) is 49.3 Å². The van der Waals surface area contributed by atoms with Gasteiger partial charge in [-0.1, -0.05) is 31.5 Å². The number of hydrogen-bond acceptors (Lipinski definition) is 7. The number of esters is 1. The zero-order chi connectivity index (χ0) is 22.2. The Morgan fingerprint density at radius 1 is 1.26 bits per heavy atom. The molecule has 1 unspecified atom stereocenters. The van der Waals surface area contributed by atoms with Crippen LogP contribution in [0.1, 0.15) is 31.0 Å². The highest BCUT2D eigenvalue weighted by Gasteiger charge is 2.33. The fourth-order valence-corrected chi connectivity index (χ4v) is 3.32. The van der Waals surface area contributed by atoms with Crippen LogP contribution in [0.4, 0.5) is 16.3 Å². The molecule has 2 aromatic rings. The van der Waals surface area contributed by atoms with E-state index in [1.807, 2.05) is 37.8 Å². The Bertz CT molecular complexity index is 904. The van der Waals surface area contributed by atoms with Crippen LogP contribution >= 0.6 is 0 Å². The molecule has 1 saturated heterocycles. The number of aromatic nitrogens is 1. The van der Waals surface area contributed by atoms with Crippen molar-refractivity contribution in [1.29, 1.82) is 0 Å². The minimum Gasteiger partial charge on any atom is -0.464 e. The largest absolute Gasteiger partial charge is 0.464 e. The number of ether oxygens (including phenoxy) is 2. The first kappa shape index (κ1) is 22.6. The van der Waals surface area contributed by atoms with Crippen molar-refractivity contribution in [3.05, 3.63) is 47.7 Å². The summed E-state index contributed by atoms with van der Waals surface area (Å²) in [7, 11) is 0. The number of amides is 1. The zero-order valence-electron chi connectivity index (χ0n) is 18.3. The van der Waals surface area contributed by atoms with E-state index in [1.165, 1.54) is 0 Å². The van der Waals surface area contributed by atoms with Crippen molar-refractivity contribution in [1.82, 2.24) is 10.3 Å². The van der Waals surface area contributed by atoms with Crippen LogP contribution in [0.25, 0.3) is 0 Å². The van der Waals surface area contributed by atoms with Gasteiger partial charge in [0.2, 0.25) is 0 Å². The predicted molar refractivity (Wildman–Crippen MR) is 120 cm³/mol. The molecular formula is C23H30N4O4. The van der Waals surface area contributed by atoms with Gasteiger partial charge in [0.05, 0.1) is 12.3 Å². The van der Waals surface area contributed by atoms with Crippen LogP contribution in [0.5, 0.6) is 5.75 Å². The van der Waals surface area contributed by atoms with Crippen LogP contribution in [0.2, 0.25) is 0 Å². The molecule has 3 rings (SSSR count). The van der Waals surface area contributed by atoms with E-state index in [0.717, 1.165) is 24.1 Å². The summed E-state index contributed by atoms with van der Waals surface area (Å²) in [6.07, 6.45) is 1.16. The number of para-hydroxylation sites is 1. The summed E-state index contributed by atoms with van der Waals surface area (Å²) in [4.78, 5) is 31.9. The van der Waals surface area contributed by atoms with Gasteiger partial charge >= 0.3 is 12.1 Å². The number of anilines is 2. The Morgan fingerprint density at radius 3 is 2.77 bits per heavy atom. The first-order valence-corrected chi connectivity index (χ1v) is 10.7. The fourth-order valence-electron chi connectivity index (χ4n) is 3.32. The summed E-state index contributed by atoms with van der Waals surface area (Å²) in [5, 5.41) is 6.04. The van der Waals surface area contributed by atoms with E-state index in [4.69, 9.17) is 14.5 Å². The van der Waals surface area contributed by atoms with Gasteiger partial charge in [0.25, 0.3) is 0 Å². The highest BCUT2D eigenvalue weighted by atomic mass is 16.6. The third kappa shape index (κ3) is 5.95. The van der Waals surface area contributed by atoms with Gasteiger partial charge in [0, 0.05) is 25.3 Å². The molecule has 1 amide bonds. The number of rotatable bonds is 7. The standard InChI is InChI=1S/C23H30N4O4/c1-4-5-13-30-22(28)20-15-24-11-12-27(20)21-19(14-16(2)17(3)25-21)26-23(29)31-18-9-7-6-8-10-18/h6-10,14,20,24H,4-5,11-13,15H2,1-3H3,(H,26,29). The van der Waals surface area contributed by atoms with Crippen molar-refractivity contribution in [2.45, 2.75) is 39.7 Å². The van der Waals surface area contributed by atoms with Crippen LogP contribution in [-0.2, 0) is 9.53 Å². The third-order valence-corrected chi connectivity index (χ3v) is 5.17. The van der Waals surface area contributed by atoms with Gasteiger partial charge in [0.1, 0.15) is 11.8 Å². The summed E-state index contributed by atoms with van der Waals surface area (Å²) in [5.41, 5.74) is 2.25. The number of nitrogens with zero attached hydrogens (tertiary/aromatic N) is 2. The number of carbonyl (C=O) groups is 2. The maximum Gasteiger partial charge on any atom is 0.417 e. The molecule has 8 heteroatoms. The topological polar surface area (TPSA) is 92.8 Å². The van der Waals surface area contributed by atoms with Gasteiger partial charge in [-0.3, -0.25) is 5.32 Å². The van der Waals surface area contributed by atoms with Crippen molar-refractivity contribution in [2.24, 2.45) is 0 Å². The second kappa shape index (κ2) is 10.8.